The summed E-state index contributed by atoms with van der Waals surface area (Å²) in [5.74, 6) is 0.195. The molecule has 0 saturated heterocycles. The highest BCUT2D eigenvalue weighted by Crippen LogP contribution is 2.18. The van der Waals surface area contributed by atoms with Gasteiger partial charge in [0.15, 0.2) is 0 Å². The first kappa shape index (κ1) is 15.9. The number of terminal acetylenes is 1. The van der Waals surface area contributed by atoms with Crippen LogP contribution in [0.15, 0.2) is 30.3 Å². The molecule has 1 amide bonds. The minimum absolute atomic E-state index is 0.152. The van der Waals surface area contributed by atoms with Gasteiger partial charge in [0.2, 0.25) is 5.91 Å². The summed E-state index contributed by atoms with van der Waals surface area (Å²) in [6.45, 7) is 0. The molecule has 0 bridgehead atoms. The maximum atomic E-state index is 11.6. The average Bonchev–Trinajstić information content (AvgIpc) is 2.44. The van der Waals surface area contributed by atoms with Crippen molar-refractivity contribution >= 4 is 23.6 Å². The SMILES string of the molecule is C#CCC(NC(=O)/C=C/c1ccccc1[N+](=O)[O-])C(=O)O. The van der Waals surface area contributed by atoms with Crippen LogP contribution in [-0.2, 0) is 9.59 Å². The molecule has 0 saturated carbocycles. The Morgan fingerprint density at radius 1 is 1.48 bits per heavy atom. The van der Waals surface area contributed by atoms with Crippen molar-refractivity contribution in [2.24, 2.45) is 0 Å². The van der Waals surface area contributed by atoms with Crippen molar-refractivity contribution in [2.75, 3.05) is 0 Å². The Labute approximate surface area is 120 Å². The summed E-state index contributed by atoms with van der Waals surface area (Å²) in [6.07, 6.45) is 7.11. The van der Waals surface area contributed by atoms with Crippen LogP contribution in [0, 0.1) is 22.5 Å². The second kappa shape index (κ2) is 7.45. The van der Waals surface area contributed by atoms with Crippen molar-refractivity contribution in [1.82, 2.24) is 5.32 Å². The molecule has 21 heavy (non-hydrogen) atoms. The molecule has 7 heteroatoms. The van der Waals surface area contributed by atoms with Crippen molar-refractivity contribution in [3.05, 3.63) is 46.0 Å². The van der Waals surface area contributed by atoms with E-state index in [1.807, 2.05) is 0 Å². The fourth-order valence-corrected chi connectivity index (χ4v) is 1.50. The van der Waals surface area contributed by atoms with E-state index >= 15 is 0 Å². The second-order valence-electron chi connectivity index (χ2n) is 3.96. The molecule has 0 radical (unpaired) electrons. The van der Waals surface area contributed by atoms with Gasteiger partial charge in [-0.1, -0.05) is 12.1 Å². The van der Waals surface area contributed by atoms with E-state index in [9.17, 15) is 19.7 Å². The molecule has 0 fully saturated rings. The molecule has 1 rings (SSSR count). The van der Waals surface area contributed by atoms with E-state index in [0.29, 0.717) is 0 Å². The smallest absolute Gasteiger partial charge is 0.327 e. The molecule has 1 aromatic rings. The van der Waals surface area contributed by atoms with Crippen LogP contribution in [0.2, 0.25) is 0 Å². The first-order valence-electron chi connectivity index (χ1n) is 5.84. The zero-order valence-corrected chi connectivity index (χ0v) is 10.9. The van der Waals surface area contributed by atoms with Gasteiger partial charge in [-0.3, -0.25) is 14.9 Å². The van der Waals surface area contributed by atoms with E-state index in [2.05, 4.69) is 11.2 Å². The molecule has 1 unspecified atom stereocenters. The first-order valence-corrected chi connectivity index (χ1v) is 5.84. The average molecular weight is 288 g/mol. The number of nitrogens with zero attached hydrogens (tertiary/aromatic N) is 1. The van der Waals surface area contributed by atoms with Crippen LogP contribution in [-0.4, -0.2) is 27.9 Å². The Morgan fingerprint density at radius 2 is 2.14 bits per heavy atom. The molecule has 0 spiro atoms. The Kier molecular flexibility index (Phi) is 5.65. The van der Waals surface area contributed by atoms with Gasteiger partial charge in [-0.2, -0.15) is 0 Å². The van der Waals surface area contributed by atoms with Crippen LogP contribution < -0.4 is 5.32 Å². The first-order chi connectivity index (χ1) is 9.95. The maximum absolute atomic E-state index is 11.6. The lowest BCUT2D eigenvalue weighted by Crippen LogP contribution is -2.39. The number of rotatable bonds is 6. The van der Waals surface area contributed by atoms with E-state index < -0.39 is 22.8 Å². The summed E-state index contributed by atoms with van der Waals surface area (Å²) < 4.78 is 0. The number of aliphatic carboxylic acids is 1. The zero-order chi connectivity index (χ0) is 15.8. The Bertz CT molecular complexity index is 630. The van der Waals surface area contributed by atoms with Gasteiger partial charge in [-0.15, -0.1) is 12.3 Å². The molecule has 7 nitrogen and oxygen atoms in total. The van der Waals surface area contributed by atoms with Crippen LogP contribution in [0.4, 0.5) is 5.69 Å². The lowest BCUT2D eigenvalue weighted by molar-refractivity contribution is -0.385. The number of hydrogen-bond acceptors (Lipinski definition) is 4. The molecule has 0 heterocycles. The number of amides is 1. The number of nitrogens with one attached hydrogen (secondary N) is 1. The summed E-state index contributed by atoms with van der Waals surface area (Å²) in [7, 11) is 0. The molecular weight excluding hydrogens is 276 g/mol. The van der Waals surface area contributed by atoms with Crippen LogP contribution in [0.25, 0.3) is 6.08 Å². The molecule has 108 valence electrons. The van der Waals surface area contributed by atoms with Gasteiger partial charge in [-0.25, -0.2) is 4.79 Å². The molecule has 2 N–H and O–H groups in total. The van der Waals surface area contributed by atoms with Gasteiger partial charge >= 0.3 is 5.97 Å². The number of nitro groups is 1. The third-order valence-electron chi connectivity index (χ3n) is 2.48. The molecule has 0 aromatic heterocycles. The fourth-order valence-electron chi connectivity index (χ4n) is 1.50. The monoisotopic (exact) mass is 288 g/mol. The van der Waals surface area contributed by atoms with Gasteiger partial charge < -0.3 is 10.4 Å². The number of carboxylic acid groups (broad SMARTS) is 1. The lowest BCUT2D eigenvalue weighted by atomic mass is 10.1. The Morgan fingerprint density at radius 3 is 2.71 bits per heavy atom. The van der Waals surface area contributed by atoms with Crippen LogP contribution in [0.5, 0.6) is 0 Å². The molecule has 0 aliphatic carbocycles. The predicted octanol–water partition coefficient (Wildman–Crippen LogP) is 1.20. The fraction of sp³-hybridized carbons (Fsp3) is 0.143. The van der Waals surface area contributed by atoms with Crippen molar-refractivity contribution in [2.45, 2.75) is 12.5 Å². The molecule has 1 atom stereocenters. The third kappa shape index (κ3) is 4.80. The lowest BCUT2D eigenvalue weighted by Gasteiger charge is -2.09. The molecule has 1 aromatic carbocycles. The maximum Gasteiger partial charge on any atom is 0.327 e. The number of nitro benzene ring substituents is 1. The number of para-hydroxylation sites is 1. The van der Waals surface area contributed by atoms with Gasteiger partial charge in [0.25, 0.3) is 5.69 Å². The third-order valence-corrected chi connectivity index (χ3v) is 2.48. The summed E-state index contributed by atoms with van der Waals surface area (Å²) >= 11 is 0. The number of carbonyl (C=O) groups is 2. The van der Waals surface area contributed by atoms with Crippen molar-refractivity contribution in [3.8, 4) is 12.3 Å². The minimum Gasteiger partial charge on any atom is -0.480 e. The summed E-state index contributed by atoms with van der Waals surface area (Å²) in [5, 5.41) is 21.8. The van der Waals surface area contributed by atoms with E-state index in [0.717, 1.165) is 6.08 Å². The van der Waals surface area contributed by atoms with Gasteiger partial charge in [0, 0.05) is 18.6 Å². The molecule has 0 aliphatic heterocycles. The van der Waals surface area contributed by atoms with Crippen molar-refractivity contribution in [3.63, 3.8) is 0 Å². The van der Waals surface area contributed by atoms with E-state index in [1.54, 1.807) is 6.07 Å². The zero-order valence-electron chi connectivity index (χ0n) is 10.9. The Balaban J connectivity index is 2.81. The largest absolute Gasteiger partial charge is 0.480 e. The second-order valence-corrected chi connectivity index (χ2v) is 3.96. The molecule has 0 aliphatic rings. The van der Waals surface area contributed by atoms with Crippen molar-refractivity contribution < 1.29 is 19.6 Å². The number of benzene rings is 1. The normalized spacial score (nSPS) is 11.6. The predicted molar refractivity (Wildman–Crippen MR) is 75.1 cm³/mol. The van der Waals surface area contributed by atoms with Gasteiger partial charge in [-0.05, 0) is 12.1 Å². The summed E-state index contributed by atoms with van der Waals surface area (Å²) in [5.41, 5.74) is 0.0847. The highest BCUT2D eigenvalue weighted by molar-refractivity contribution is 5.94. The summed E-state index contributed by atoms with van der Waals surface area (Å²) in [4.78, 5) is 32.6. The quantitative estimate of drug-likeness (QED) is 0.354. The van der Waals surface area contributed by atoms with Gasteiger partial charge in [0.1, 0.15) is 6.04 Å². The van der Waals surface area contributed by atoms with E-state index in [-0.39, 0.29) is 17.7 Å². The topological polar surface area (TPSA) is 110 Å². The highest BCUT2D eigenvalue weighted by Gasteiger charge is 2.17. The van der Waals surface area contributed by atoms with Crippen LogP contribution in [0.1, 0.15) is 12.0 Å². The highest BCUT2D eigenvalue weighted by atomic mass is 16.6. The van der Waals surface area contributed by atoms with Crippen molar-refractivity contribution in [1.29, 1.82) is 0 Å². The van der Waals surface area contributed by atoms with E-state index in [1.165, 1.54) is 24.3 Å². The van der Waals surface area contributed by atoms with E-state index in [4.69, 9.17) is 11.5 Å². The number of hydrogen-bond donors (Lipinski definition) is 2. The number of carbonyl (C=O) groups excluding carboxylic acids is 1. The van der Waals surface area contributed by atoms with Gasteiger partial charge in [0.05, 0.1) is 10.5 Å². The summed E-state index contributed by atoms with van der Waals surface area (Å²) in [6, 6.07) is 4.66. The van der Waals surface area contributed by atoms with Crippen LogP contribution >= 0.6 is 0 Å². The standard InChI is InChI=1S/C14H12N2O5/c1-2-5-11(14(18)19)15-13(17)9-8-10-6-3-4-7-12(10)16(20)21/h1,3-4,6-9,11H,5H2,(H,15,17)(H,18,19)/b9-8+. The van der Waals surface area contributed by atoms with Crippen LogP contribution in [0.3, 0.4) is 0 Å². The minimum atomic E-state index is -1.25. The Hall–Kier alpha value is -3.14. The number of carboxylic acids is 1. The molecular formula is C14H12N2O5.